The van der Waals surface area contributed by atoms with E-state index in [1.54, 1.807) is 0 Å². The zero-order valence-electron chi connectivity index (χ0n) is 5.95. The van der Waals surface area contributed by atoms with Crippen LogP contribution in [0.15, 0.2) is 0 Å². The summed E-state index contributed by atoms with van der Waals surface area (Å²) in [6.07, 6.45) is -6.21. The molecule has 1 saturated heterocycles. The first-order valence-corrected chi connectivity index (χ1v) is 3.28. The Balaban J connectivity index is 2.76. The molecule has 1 rings (SSSR count). The smallest absolute Gasteiger partial charge is 0.338 e. The van der Waals surface area contributed by atoms with Crippen LogP contribution in [0.2, 0.25) is 0 Å². The van der Waals surface area contributed by atoms with Crippen LogP contribution in [-0.4, -0.2) is 52.0 Å². The fourth-order valence-corrected chi connectivity index (χ4v) is 0.902. The van der Waals surface area contributed by atoms with E-state index in [1.165, 1.54) is 0 Å². The van der Waals surface area contributed by atoms with Crippen molar-refractivity contribution >= 4 is 12.3 Å². The summed E-state index contributed by atoms with van der Waals surface area (Å²) in [6.45, 7) is 0. The van der Waals surface area contributed by atoms with Gasteiger partial charge in [0.25, 0.3) is 0 Å². The van der Waals surface area contributed by atoms with Crippen molar-refractivity contribution in [1.82, 2.24) is 0 Å². The van der Waals surface area contributed by atoms with Gasteiger partial charge in [0.15, 0.2) is 18.5 Å². The number of aliphatic hydroxyl groups is 3. The minimum absolute atomic E-state index is 0.192. The van der Waals surface area contributed by atoms with Gasteiger partial charge < -0.3 is 20.1 Å². The highest BCUT2D eigenvalue weighted by Gasteiger charge is 2.43. The molecule has 6 nitrogen and oxygen atoms in total. The first-order chi connectivity index (χ1) is 5.57. The van der Waals surface area contributed by atoms with Gasteiger partial charge in [-0.1, -0.05) is 0 Å². The molecule has 4 atom stereocenters. The molecular weight excluding hydrogens is 168 g/mol. The fraction of sp³-hybridized carbons (Fsp3) is 0.667. The molecule has 1 aliphatic heterocycles. The molecule has 6 heteroatoms. The molecule has 1 aliphatic rings. The molecule has 0 aromatic heterocycles. The number of ether oxygens (including phenoxy) is 1. The van der Waals surface area contributed by atoms with E-state index < -0.39 is 30.4 Å². The van der Waals surface area contributed by atoms with Crippen molar-refractivity contribution in [2.45, 2.75) is 24.4 Å². The predicted octanol–water partition coefficient (Wildman–Crippen LogP) is -2.81. The van der Waals surface area contributed by atoms with Gasteiger partial charge in [0, 0.05) is 0 Å². The van der Waals surface area contributed by atoms with E-state index >= 15 is 0 Å². The minimum atomic E-state index is -1.78. The molecule has 2 unspecified atom stereocenters. The number of hydrogen-bond donors (Lipinski definition) is 3. The standard InChI is InChI=1S/C6H8O6/c7-1-2-3(8)4(9)5(10)6(11)12-2/h1-5,8-10H/t2?,3-,4+,5?/m1/s1. The molecule has 3 N–H and O–H groups in total. The zero-order valence-corrected chi connectivity index (χ0v) is 5.95. The summed E-state index contributed by atoms with van der Waals surface area (Å²) >= 11 is 0. The molecule has 0 aromatic carbocycles. The van der Waals surface area contributed by atoms with Gasteiger partial charge >= 0.3 is 5.97 Å². The van der Waals surface area contributed by atoms with Crippen molar-refractivity contribution in [3.63, 3.8) is 0 Å². The maximum absolute atomic E-state index is 10.6. The molecule has 0 amide bonds. The van der Waals surface area contributed by atoms with Crippen LogP contribution in [0.5, 0.6) is 0 Å². The molecule has 12 heavy (non-hydrogen) atoms. The fourth-order valence-electron chi connectivity index (χ4n) is 0.902. The lowest BCUT2D eigenvalue weighted by Crippen LogP contribution is -2.56. The van der Waals surface area contributed by atoms with Crippen LogP contribution in [0.3, 0.4) is 0 Å². The van der Waals surface area contributed by atoms with Crippen LogP contribution in [0.1, 0.15) is 0 Å². The third-order valence-electron chi connectivity index (χ3n) is 1.64. The Labute approximate surface area is 67.4 Å². The Kier molecular flexibility index (Phi) is 2.41. The summed E-state index contributed by atoms with van der Waals surface area (Å²) < 4.78 is 4.26. The molecule has 0 saturated carbocycles. The average Bonchev–Trinajstić information content (AvgIpc) is 2.08. The maximum Gasteiger partial charge on any atom is 0.338 e. The molecule has 0 aliphatic carbocycles. The number of carbonyl (C=O) groups excluding carboxylic acids is 2. The second kappa shape index (κ2) is 3.18. The number of rotatable bonds is 1. The van der Waals surface area contributed by atoms with E-state index in [2.05, 4.69) is 4.74 Å². The van der Waals surface area contributed by atoms with E-state index in [9.17, 15) is 9.59 Å². The number of esters is 1. The van der Waals surface area contributed by atoms with Gasteiger partial charge in [0.1, 0.15) is 12.2 Å². The highest BCUT2D eigenvalue weighted by Crippen LogP contribution is 2.14. The summed E-state index contributed by atoms with van der Waals surface area (Å²) in [6, 6.07) is 0. The molecular formula is C6H8O6. The number of carbonyl (C=O) groups is 2. The highest BCUT2D eigenvalue weighted by molar-refractivity contribution is 5.79. The predicted molar refractivity (Wildman–Crippen MR) is 34.0 cm³/mol. The first kappa shape index (κ1) is 9.11. The van der Waals surface area contributed by atoms with Crippen molar-refractivity contribution in [3.8, 4) is 0 Å². The van der Waals surface area contributed by atoms with Crippen LogP contribution < -0.4 is 0 Å². The number of hydrogen-bond acceptors (Lipinski definition) is 6. The van der Waals surface area contributed by atoms with E-state index in [0.717, 1.165) is 0 Å². The average molecular weight is 176 g/mol. The topological polar surface area (TPSA) is 104 Å². The number of aldehydes is 1. The van der Waals surface area contributed by atoms with Crippen molar-refractivity contribution in [2.75, 3.05) is 0 Å². The lowest BCUT2D eigenvalue weighted by molar-refractivity contribution is -0.200. The zero-order chi connectivity index (χ0) is 9.30. The van der Waals surface area contributed by atoms with Crippen LogP contribution >= 0.6 is 0 Å². The summed E-state index contributed by atoms with van der Waals surface area (Å²) in [5, 5.41) is 26.8. The Morgan fingerprint density at radius 3 is 2.33 bits per heavy atom. The van der Waals surface area contributed by atoms with Gasteiger partial charge in [-0.15, -0.1) is 0 Å². The summed E-state index contributed by atoms with van der Waals surface area (Å²) in [7, 11) is 0. The van der Waals surface area contributed by atoms with Gasteiger partial charge in [-0.25, -0.2) is 4.79 Å². The van der Waals surface area contributed by atoms with Crippen molar-refractivity contribution in [2.24, 2.45) is 0 Å². The van der Waals surface area contributed by atoms with Gasteiger partial charge in [-0.3, -0.25) is 4.79 Å². The van der Waals surface area contributed by atoms with Crippen molar-refractivity contribution < 1.29 is 29.6 Å². The van der Waals surface area contributed by atoms with Gasteiger partial charge in [0.05, 0.1) is 0 Å². The second-order valence-electron chi connectivity index (χ2n) is 2.46. The Morgan fingerprint density at radius 2 is 1.83 bits per heavy atom. The van der Waals surface area contributed by atoms with Crippen LogP contribution in [0, 0.1) is 0 Å². The molecule has 68 valence electrons. The van der Waals surface area contributed by atoms with E-state index in [-0.39, 0.29) is 6.29 Å². The van der Waals surface area contributed by atoms with Gasteiger partial charge in [-0.2, -0.15) is 0 Å². The van der Waals surface area contributed by atoms with Crippen LogP contribution in [0.4, 0.5) is 0 Å². The Hall–Kier alpha value is -0.980. The van der Waals surface area contributed by atoms with E-state index in [1.807, 2.05) is 0 Å². The second-order valence-corrected chi connectivity index (χ2v) is 2.46. The number of aliphatic hydroxyl groups excluding tert-OH is 3. The third kappa shape index (κ3) is 1.31. The monoisotopic (exact) mass is 176 g/mol. The molecule has 0 radical (unpaired) electrons. The van der Waals surface area contributed by atoms with Crippen molar-refractivity contribution in [1.29, 1.82) is 0 Å². The number of cyclic esters (lactones) is 1. The quantitative estimate of drug-likeness (QED) is 0.294. The lowest BCUT2D eigenvalue weighted by Gasteiger charge is -2.31. The minimum Gasteiger partial charge on any atom is -0.450 e. The highest BCUT2D eigenvalue weighted by atomic mass is 16.6. The third-order valence-corrected chi connectivity index (χ3v) is 1.64. The van der Waals surface area contributed by atoms with Crippen LogP contribution in [-0.2, 0) is 14.3 Å². The van der Waals surface area contributed by atoms with E-state index in [4.69, 9.17) is 15.3 Å². The largest absolute Gasteiger partial charge is 0.450 e. The molecule has 0 spiro atoms. The SMILES string of the molecule is O=CC1OC(=O)C(O)[C@@H](O)[C@@H]1O. The Bertz CT molecular complexity index is 200. The maximum atomic E-state index is 10.6. The Morgan fingerprint density at radius 1 is 1.25 bits per heavy atom. The molecule has 1 heterocycles. The van der Waals surface area contributed by atoms with Gasteiger partial charge in [0.2, 0.25) is 0 Å². The van der Waals surface area contributed by atoms with Gasteiger partial charge in [-0.05, 0) is 0 Å². The molecule has 0 bridgehead atoms. The lowest BCUT2D eigenvalue weighted by atomic mass is 10.0. The first-order valence-electron chi connectivity index (χ1n) is 3.28. The van der Waals surface area contributed by atoms with E-state index in [0.29, 0.717) is 0 Å². The normalized spacial score (nSPS) is 42.1. The van der Waals surface area contributed by atoms with Crippen molar-refractivity contribution in [3.05, 3.63) is 0 Å². The van der Waals surface area contributed by atoms with Crippen LogP contribution in [0.25, 0.3) is 0 Å². The summed E-state index contributed by atoms with van der Waals surface area (Å²) in [5.41, 5.74) is 0. The molecule has 1 fully saturated rings. The molecule has 0 aromatic rings. The summed E-state index contributed by atoms with van der Waals surface area (Å²) in [5.74, 6) is -1.11. The summed E-state index contributed by atoms with van der Waals surface area (Å²) in [4.78, 5) is 20.8.